The highest BCUT2D eigenvalue weighted by atomic mass is 32.1. The average Bonchev–Trinajstić information content (AvgIpc) is 3.51. The van der Waals surface area contributed by atoms with E-state index in [0.717, 1.165) is 66.3 Å². The van der Waals surface area contributed by atoms with E-state index >= 15 is 0 Å². The van der Waals surface area contributed by atoms with Gasteiger partial charge in [0.15, 0.2) is 5.13 Å². The molecule has 1 aromatic heterocycles. The van der Waals surface area contributed by atoms with Gasteiger partial charge in [-0.3, -0.25) is 4.90 Å². The van der Waals surface area contributed by atoms with Crippen molar-refractivity contribution in [2.24, 2.45) is 0 Å². The summed E-state index contributed by atoms with van der Waals surface area (Å²) in [5.41, 5.74) is 3.17. The first kappa shape index (κ1) is 33.1. The quantitative estimate of drug-likeness (QED) is 0.162. The molecule has 4 rings (SSSR count). The van der Waals surface area contributed by atoms with Crippen LogP contribution >= 0.6 is 11.3 Å². The number of ether oxygens (including phenoxy) is 7. The van der Waals surface area contributed by atoms with Crippen LogP contribution < -0.4 is 14.4 Å². The molecule has 0 atom stereocenters. The minimum atomic E-state index is 0.447. The molecule has 43 heavy (non-hydrogen) atoms. The van der Waals surface area contributed by atoms with Crippen molar-refractivity contribution in [1.82, 2.24) is 9.88 Å². The molecule has 0 N–H and O–H groups in total. The number of hydrogen-bond acceptors (Lipinski definition) is 11. The second-order valence-corrected chi connectivity index (χ2v) is 10.9. The zero-order valence-electron chi connectivity index (χ0n) is 25.4. The Bertz CT molecular complexity index is 1120. The average molecular weight is 616 g/mol. The van der Waals surface area contributed by atoms with Gasteiger partial charge in [-0.2, -0.15) is 0 Å². The fourth-order valence-corrected chi connectivity index (χ4v) is 5.32. The van der Waals surface area contributed by atoms with E-state index in [-0.39, 0.29) is 0 Å². The van der Waals surface area contributed by atoms with Crippen LogP contribution in [0.2, 0.25) is 0 Å². The Morgan fingerprint density at radius 1 is 0.791 bits per heavy atom. The van der Waals surface area contributed by atoms with Gasteiger partial charge in [-0.05, 0) is 35.4 Å². The second-order valence-electron chi connectivity index (χ2n) is 10.1. The number of anilines is 1. The highest BCUT2D eigenvalue weighted by Crippen LogP contribution is 2.27. The zero-order chi connectivity index (χ0) is 30.0. The maximum Gasteiger partial charge on any atom is 0.186 e. The summed E-state index contributed by atoms with van der Waals surface area (Å²) in [4.78, 5) is 9.56. The molecule has 0 amide bonds. The third-order valence-electron chi connectivity index (χ3n) is 6.74. The molecule has 0 spiro atoms. The standard InChI is InChI=1S/C32H45N3O7S/c1-36-15-19-41-30-7-3-5-27(21-30)23-35(24-28-6-4-8-31(22-28)42-20-16-37-2)32-33-29(26-43-32)25-40-18-17-39-14-11-34-9-12-38-13-10-34/h3-8,21-22,26H,9-20,23-25H2,1-2H3. The normalized spacial score (nSPS) is 13.7. The molecular formula is C32H45N3O7S. The lowest BCUT2D eigenvalue weighted by atomic mass is 10.1. The Balaban J connectivity index is 1.33. The minimum Gasteiger partial charge on any atom is -0.491 e. The van der Waals surface area contributed by atoms with E-state index in [1.807, 2.05) is 24.3 Å². The fraction of sp³-hybridized carbons (Fsp3) is 0.531. The first-order valence-corrected chi connectivity index (χ1v) is 15.7. The van der Waals surface area contributed by atoms with Crippen molar-refractivity contribution in [1.29, 1.82) is 0 Å². The van der Waals surface area contributed by atoms with Crippen LogP contribution in [0.1, 0.15) is 16.8 Å². The van der Waals surface area contributed by atoms with E-state index in [2.05, 4.69) is 39.4 Å². The summed E-state index contributed by atoms with van der Waals surface area (Å²) >= 11 is 1.62. The molecule has 236 valence electrons. The maximum atomic E-state index is 5.88. The van der Waals surface area contributed by atoms with Crippen molar-refractivity contribution in [3.05, 3.63) is 70.7 Å². The molecule has 1 aliphatic heterocycles. The molecule has 3 aromatic rings. The first-order valence-electron chi connectivity index (χ1n) is 14.8. The highest BCUT2D eigenvalue weighted by molar-refractivity contribution is 7.13. The van der Waals surface area contributed by atoms with Crippen LogP contribution in [0.25, 0.3) is 0 Å². The molecule has 0 unspecified atom stereocenters. The fourth-order valence-electron chi connectivity index (χ4n) is 4.51. The van der Waals surface area contributed by atoms with Crippen LogP contribution in [0.3, 0.4) is 0 Å². The van der Waals surface area contributed by atoms with Crippen molar-refractivity contribution in [3.63, 3.8) is 0 Å². The summed E-state index contributed by atoms with van der Waals surface area (Å²) in [6.45, 7) is 10.2. The van der Waals surface area contributed by atoms with Crippen LogP contribution in [-0.2, 0) is 43.4 Å². The van der Waals surface area contributed by atoms with Crippen molar-refractivity contribution in [2.45, 2.75) is 19.7 Å². The molecule has 0 radical (unpaired) electrons. The van der Waals surface area contributed by atoms with Crippen LogP contribution in [0.4, 0.5) is 5.13 Å². The Kier molecular flexibility index (Phi) is 15.0. The molecule has 1 aliphatic rings. The number of benzene rings is 2. The van der Waals surface area contributed by atoms with Crippen LogP contribution in [0.5, 0.6) is 11.5 Å². The monoisotopic (exact) mass is 615 g/mol. The number of morpholine rings is 1. The molecule has 11 heteroatoms. The molecule has 0 saturated carbocycles. The molecule has 2 heterocycles. The molecule has 10 nitrogen and oxygen atoms in total. The summed E-state index contributed by atoms with van der Waals surface area (Å²) in [6.07, 6.45) is 0. The lowest BCUT2D eigenvalue weighted by molar-refractivity contribution is 0.00558. The summed E-state index contributed by atoms with van der Waals surface area (Å²) in [7, 11) is 3.34. The Labute approximate surface area is 259 Å². The van der Waals surface area contributed by atoms with Crippen molar-refractivity contribution >= 4 is 16.5 Å². The van der Waals surface area contributed by atoms with E-state index in [0.29, 0.717) is 65.9 Å². The van der Waals surface area contributed by atoms with Gasteiger partial charge in [-0.15, -0.1) is 11.3 Å². The molecule has 1 fully saturated rings. The Morgan fingerprint density at radius 3 is 2.05 bits per heavy atom. The van der Waals surface area contributed by atoms with Crippen LogP contribution in [0.15, 0.2) is 53.9 Å². The summed E-state index contributed by atoms with van der Waals surface area (Å²) in [6, 6.07) is 16.3. The first-order chi connectivity index (χ1) is 21.2. The molecule has 1 saturated heterocycles. The van der Waals surface area contributed by atoms with Gasteiger partial charge in [0.1, 0.15) is 24.7 Å². The van der Waals surface area contributed by atoms with Gasteiger partial charge in [0.25, 0.3) is 0 Å². The zero-order valence-corrected chi connectivity index (χ0v) is 26.2. The van der Waals surface area contributed by atoms with Crippen molar-refractivity contribution < 1.29 is 33.2 Å². The van der Waals surface area contributed by atoms with Crippen LogP contribution in [0, 0.1) is 0 Å². The molecular weight excluding hydrogens is 570 g/mol. The number of thiazole rings is 1. The highest BCUT2D eigenvalue weighted by Gasteiger charge is 2.15. The van der Waals surface area contributed by atoms with Gasteiger partial charge in [0, 0.05) is 52.3 Å². The van der Waals surface area contributed by atoms with E-state index in [4.69, 9.17) is 38.1 Å². The maximum absolute atomic E-state index is 5.88. The smallest absolute Gasteiger partial charge is 0.186 e. The van der Waals surface area contributed by atoms with E-state index < -0.39 is 0 Å². The third-order valence-corrected chi connectivity index (χ3v) is 7.69. The number of rotatable bonds is 21. The largest absolute Gasteiger partial charge is 0.491 e. The van der Waals surface area contributed by atoms with Gasteiger partial charge < -0.3 is 38.1 Å². The number of hydrogen-bond donors (Lipinski definition) is 0. The van der Waals surface area contributed by atoms with E-state index in [1.165, 1.54) is 0 Å². The lowest BCUT2D eigenvalue weighted by Gasteiger charge is -2.26. The number of methoxy groups -OCH3 is 2. The van der Waals surface area contributed by atoms with Gasteiger partial charge >= 0.3 is 0 Å². The third kappa shape index (κ3) is 12.4. The summed E-state index contributed by atoms with van der Waals surface area (Å²) in [5.74, 6) is 1.65. The van der Waals surface area contributed by atoms with Gasteiger partial charge in [-0.25, -0.2) is 4.98 Å². The number of nitrogens with zero attached hydrogens (tertiary/aromatic N) is 3. The van der Waals surface area contributed by atoms with Gasteiger partial charge in [-0.1, -0.05) is 24.3 Å². The topological polar surface area (TPSA) is 84.0 Å². The van der Waals surface area contributed by atoms with Gasteiger partial charge in [0.2, 0.25) is 0 Å². The molecule has 2 aromatic carbocycles. The van der Waals surface area contributed by atoms with Gasteiger partial charge in [0.05, 0.1) is 58.5 Å². The van der Waals surface area contributed by atoms with E-state index in [1.54, 1.807) is 25.6 Å². The van der Waals surface area contributed by atoms with E-state index in [9.17, 15) is 0 Å². The SMILES string of the molecule is COCCOc1cccc(CN(Cc2cccc(OCCOC)c2)c2nc(COCCOCCN3CCOCC3)cs2)c1. The predicted molar refractivity (Wildman–Crippen MR) is 167 cm³/mol. The predicted octanol–water partition coefficient (Wildman–Crippen LogP) is 4.27. The number of aromatic nitrogens is 1. The summed E-state index contributed by atoms with van der Waals surface area (Å²) in [5, 5.41) is 2.99. The molecule has 0 aliphatic carbocycles. The Morgan fingerprint density at radius 2 is 1.42 bits per heavy atom. The van der Waals surface area contributed by atoms with Crippen molar-refractivity contribution in [2.75, 3.05) is 98.2 Å². The second kappa shape index (κ2) is 19.5. The van der Waals surface area contributed by atoms with Crippen molar-refractivity contribution in [3.8, 4) is 11.5 Å². The lowest BCUT2D eigenvalue weighted by Crippen LogP contribution is -2.38. The molecule has 0 bridgehead atoms. The Hall–Kier alpha value is -2.77. The van der Waals surface area contributed by atoms with Crippen LogP contribution in [-0.4, -0.2) is 103 Å². The minimum absolute atomic E-state index is 0.447. The summed E-state index contributed by atoms with van der Waals surface area (Å²) < 4.78 is 39.0.